The van der Waals surface area contributed by atoms with Crippen LogP contribution in [0.25, 0.3) is 0 Å². The molecule has 1 aromatic carbocycles. The lowest BCUT2D eigenvalue weighted by Crippen LogP contribution is -2.43. The van der Waals surface area contributed by atoms with Gasteiger partial charge < -0.3 is 4.74 Å². The van der Waals surface area contributed by atoms with E-state index in [-0.39, 0.29) is 11.0 Å². The van der Waals surface area contributed by atoms with E-state index in [0.29, 0.717) is 17.4 Å². The molecular weight excluding hydrogens is 346 g/mol. The van der Waals surface area contributed by atoms with Crippen LogP contribution in [0.2, 0.25) is 0 Å². The summed E-state index contributed by atoms with van der Waals surface area (Å²) >= 11 is 0. The van der Waals surface area contributed by atoms with Gasteiger partial charge >= 0.3 is 0 Å². The Morgan fingerprint density at radius 1 is 1.15 bits per heavy atom. The van der Waals surface area contributed by atoms with Crippen molar-refractivity contribution in [1.82, 2.24) is 4.72 Å². The molecular formula is C21H35NO3S. The van der Waals surface area contributed by atoms with Crippen LogP contribution in [0.5, 0.6) is 0 Å². The molecule has 0 unspecified atom stereocenters. The van der Waals surface area contributed by atoms with E-state index in [1.165, 1.54) is 6.42 Å². The van der Waals surface area contributed by atoms with E-state index >= 15 is 0 Å². The standard InChI is InChI=1S/C21H35NO3S/c1-17(2)10-11-21(13-15-25-20(4,5)16-21)12-14-22-26(23,24)19-8-6-18(3)7-9-19/h6-9,17,22H,10-16H2,1-5H3/t21-/m0/s1. The molecule has 0 amide bonds. The lowest BCUT2D eigenvalue weighted by atomic mass is 9.68. The molecule has 0 aromatic heterocycles. The number of hydrogen-bond acceptors (Lipinski definition) is 3. The molecule has 5 heteroatoms. The van der Waals surface area contributed by atoms with Gasteiger partial charge in [0.1, 0.15) is 0 Å². The van der Waals surface area contributed by atoms with Gasteiger partial charge in [-0.15, -0.1) is 0 Å². The van der Waals surface area contributed by atoms with Crippen molar-refractivity contribution in [2.24, 2.45) is 11.3 Å². The van der Waals surface area contributed by atoms with Crippen molar-refractivity contribution >= 4 is 10.0 Å². The van der Waals surface area contributed by atoms with Gasteiger partial charge in [0.15, 0.2) is 0 Å². The topological polar surface area (TPSA) is 55.4 Å². The first-order chi connectivity index (χ1) is 12.0. The summed E-state index contributed by atoms with van der Waals surface area (Å²) in [5.41, 5.74) is 1.08. The lowest BCUT2D eigenvalue weighted by Gasteiger charge is -2.45. The van der Waals surface area contributed by atoms with Gasteiger partial charge in [-0.25, -0.2) is 13.1 Å². The van der Waals surface area contributed by atoms with Crippen LogP contribution in [0.1, 0.15) is 65.4 Å². The minimum Gasteiger partial charge on any atom is -0.376 e. The molecule has 2 rings (SSSR count). The quantitative estimate of drug-likeness (QED) is 0.711. The second kappa shape index (κ2) is 8.41. The summed E-state index contributed by atoms with van der Waals surface area (Å²) in [4.78, 5) is 0.339. The summed E-state index contributed by atoms with van der Waals surface area (Å²) in [6.45, 7) is 12.0. The summed E-state index contributed by atoms with van der Waals surface area (Å²) in [6, 6.07) is 7.01. The van der Waals surface area contributed by atoms with E-state index in [9.17, 15) is 8.42 Å². The zero-order valence-corrected chi connectivity index (χ0v) is 17.8. The van der Waals surface area contributed by atoms with Crippen LogP contribution in [0, 0.1) is 18.3 Å². The van der Waals surface area contributed by atoms with E-state index in [4.69, 9.17) is 4.74 Å². The molecule has 1 fully saturated rings. The minimum absolute atomic E-state index is 0.134. The highest BCUT2D eigenvalue weighted by atomic mass is 32.2. The van der Waals surface area contributed by atoms with Gasteiger partial charge in [0.2, 0.25) is 10.0 Å². The van der Waals surface area contributed by atoms with Crippen molar-refractivity contribution in [2.75, 3.05) is 13.2 Å². The zero-order valence-electron chi connectivity index (χ0n) is 17.0. The fourth-order valence-corrected chi connectivity index (χ4v) is 5.02. The molecule has 0 aliphatic carbocycles. The number of aryl methyl sites for hydroxylation is 1. The Hall–Kier alpha value is -0.910. The molecule has 1 aliphatic rings. The van der Waals surface area contributed by atoms with Crippen LogP contribution >= 0.6 is 0 Å². The summed E-state index contributed by atoms with van der Waals surface area (Å²) < 4.78 is 33.8. The molecule has 1 heterocycles. The highest BCUT2D eigenvalue weighted by Crippen LogP contribution is 2.45. The highest BCUT2D eigenvalue weighted by Gasteiger charge is 2.40. The maximum Gasteiger partial charge on any atom is 0.240 e. The number of sulfonamides is 1. The Kier molecular flexibility index (Phi) is 6.92. The second-order valence-corrected chi connectivity index (χ2v) is 10.7. The fraction of sp³-hybridized carbons (Fsp3) is 0.714. The summed E-state index contributed by atoms with van der Waals surface area (Å²) in [5, 5.41) is 0. The van der Waals surface area contributed by atoms with Crippen molar-refractivity contribution in [3.8, 4) is 0 Å². The molecule has 1 atom stereocenters. The molecule has 1 aromatic rings. The largest absolute Gasteiger partial charge is 0.376 e. The Bertz CT molecular complexity index is 680. The minimum atomic E-state index is -3.45. The Labute approximate surface area is 159 Å². The molecule has 0 bridgehead atoms. The van der Waals surface area contributed by atoms with Gasteiger partial charge in [-0.3, -0.25) is 0 Å². The number of hydrogen-bond donors (Lipinski definition) is 1. The molecule has 0 radical (unpaired) electrons. The van der Waals surface area contributed by atoms with E-state index in [2.05, 4.69) is 32.4 Å². The van der Waals surface area contributed by atoms with E-state index < -0.39 is 10.0 Å². The van der Waals surface area contributed by atoms with Crippen molar-refractivity contribution in [1.29, 1.82) is 0 Å². The van der Waals surface area contributed by atoms with Crippen LogP contribution in [0.3, 0.4) is 0 Å². The summed E-state index contributed by atoms with van der Waals surface area (Å²) in [6.07, 6.45) is 5.15. The number of nitrogens with one attached hydrogen (secondary N) is 1. The normalized spacial score (nSPS) is 23.3. The van der Waals surface area contributed by atoms with E-state index in [1.807, 2.05) is 19.1 Å². The SMILES string of the molecule is Cc1ccc(S(=O)(=O)NCC[C@@]2(CCC(C)C)CCOC(C)(C)C2)cc1. The smallest absolute Gasteiger partial charge is 0.240 e. The molecule has 1 saturated heterocycles. The number of ether oxygens (including phenoxy) is 1. The predicted octanol–water partition coefficient (Wildman–Crippen LogP) is 4.68. The first-order valence-electron chi connectivity index (χ1n) is 9.74. The highest BCUT2D eigenvalue weighted by molar-refractivity contribution is 7.89. The molecule has 0 spiro atoms. The lowest BCUT2D eigenvalue weighted by molar-refractivity contribution is -0.110. The predicted molar refractivity (Wildman–Crippen MR) is 107 cm³/mol. The first-order valence-corrected chi connectivity index (χ1v) is 11.2. The van der Waals surface area contributed by atoms with Gasteiger partial charge in [-0.05, 0) is 69.9 Å². The number of rotatable bonds is 8. The second-order valence-electron chi connectivity index (χ2n) is 8.93. The van der Waals surface area contributed by atoms with Crippen LogP contribution in [-0.2, 0) is 14.8 Å². The third-order valence-electron chi connectivity index (χ3n) is 5.46. The summed E-state index contributed by atoms with van der Waals surface area (Å²) in [5.74, 6) is 0.655. The Morgan fingerprint density at radius 3 is 2.38 bits per heavy atom. The van der Waals surface area contributed by atoms with Gasteiger partial charge in [-0.2, -0.15) is 0 Å². The average molecular weight is 382 g/mol. The van der Waals surface area contributed by atoms with Crippen molar-refractivity contribution < 1.29 is 13.2 Å². The molecule has 148 valence electrons. The van der Waals surface area contributed by atoms with E-state index in [1.54, 1.807) is 12.1 Å². The van der Waals surface area contributed by atoms with Gasteiger partial charge in [-0.1, -0.05) is 38.0 Å². The molecule has 1 N–H and O–H groups in total. The molecule has 0 saturated carbocycles. The number of benzene rings is 1. The third-order valence-corrected chi connectivity index (χ3v) is 6.93. The molecule has 4 nitrogen and oxygen atoms in total. The van der Waals surface area contributed by atoms with Crippen LogP contribution < -0.4 is 4.72 Å². The third kappa shape index (κ3) is 6.07. The Morgan fingerprint density at radius 2 is 1.81 bits per heavy atom. The summed E-state index contributed by atoms with van der Waals surface area (Å²) in [7, 11) is -3.45. The Balaban J connectivity index is 2.03. The van der Waals surface area contributed by atoms with Gasteiger partial charge in [0.05, 0.1) is 10.5 Å². The molecule has 26 heavy (non-hydrogen) atoms. The average Bonchev–Trinajstić information content (AvgIpc) is 2.52. The van der Waals surface area contributed by atoms with Crippen LogP contribution in [0.4, 0.5) is 0 Å². The van der Waals surface area contributed by atoms with Crippen molar-refractivity contribution in [3.63, 3.8) is 0 Å². The first kappa shape index (κ1) is 21.4. The molecule has 1 aliphatic heterocycles. The monoisotopic (exact) mass is 381 g/mol. The zero-order chi connectivity index (χ0) is 19.4. The van der Waals surface area contributed by atoms with Gasteiger partial charge in [0.25, 0.3) is 0 Å². The maximum atomic E-state index is 12.5. The maximum absolute atomic E-state index is 12.5. The fourth-order valence-electron chi connectivity index (χ4n) is 3.98. The van der Waals surface area contributed by atoms with Crippen molar-refractivity contribution in [3.05, 3.63) is 29.8 Å². The van der Waals surface area contributed by atoms with E-state index in [0.717, 1.165) is 37.9 Å². The van der Waals surface area contributed by atoms with Gasteiger partial charge in [0, 0.05) is 13.2 Å². The van der Waals surface area contributed by atoms with Crippen LogP contribution in [-0.4, -0.2) is 27.2 Å². The van der Waals surface area contributed by atoms with Crippen molar-refractivity contribution in [2.45, 2.75) is 77.2 Å². The van der Waals surface area contributed by atoms with Crippen LogP contribution in [0.15, 0.2) is 29.2 Å².